The molecule has 118 valence electrons. The summed E-state index contributed by atoms with van der Waals surface area (Å²) in [5.41, 5.74) is 11.2. The zero-order valence-corrected chi connectivity index (χ0v) is 13.3. The molecule has 6 nitrogen and oxygen atoms in total. The lowest BCUT2D eigenvalue weighted by Crippen LogP contribution is -2.55. The van der Waals surface area contributed by atoms with Crippen LogP contribution in [-0.2, 0) is 0 Å². The third-order valence-electron chi connectivity index (χ3n) is 3.49. The molecule has 6 N–H and O–H groups in total. The van der Waals surface area contributed by atoms with E-state index in [4.69, 9.17) is 11.5 Å². The SMILES string of the molecule is CC(C)C(C)(CN)NC(=O)c1cccc(NC(N)=O)c1.Cl. The zero-order valence-electron chi connectivity index (χ0n) is 12.5. The van der Waals surface area contributed by atoms with Crippen LogP contribution in [0.2, 0.25) is 0 Å². The van der Waals surface area contributed by atoms with Crippen molar-refractivity contribution in [3.63, 3.8) is 0 Å². The van der Waals surface area contributed by atoms with Gasteiger partial charge in [0.1, 0.15) is 0 Å². The maximum Gasteiger partial charge on any atom is 0.316 e. The minimum atomic E-state index is -0.670. The molecule has 0 heterocycles. The van der Waals surface area contributed by atoms with Crippen molar-refractivity contribution in [3.05, 3.63) is 29.8 Å². The summed E-state index contributed by atoms with van der Waals surface area (Å²) in [7, 11) is 0. The fourth-order valence-electron chi connectivity index (χ4n) is 1.64. The number of anilines is 1. The lowest BCUT2D eigenvalue weighted by atomic mass is 9.88. The molecule has 1 rings (SSSR count). The normalized spacial score (nSPS) is 13.0. The monoisotopic (exact) mass is 314 g/mol. The van der Waals surface area contributed by atoms with Crippen LogP contribution < -0.4 is 22.1 Å². The molecule has 1 aromatic rings. The van der Waals surface area contributed by atoms with E-state index in [9.17, 15) is 9.59 Å². The molecule has 0 saturated heterocycles. The number of amides is 3. The van der Waals surface area contributed by atoms with Crippen LogP contribution in [0.1, 0.15) is 31.1 Å². The van der Waals surface area contributed by atoms with Crippen molar-refractivity contribution in [2.24, 2.45) is 17.4 Å². The molecule has 0 radical (unpaired) electrons. The molecule has 1 atom stereocenters. The highest BCUT2D eigenvalue weighted by Crippen LogP contribution is 2.17. The van der Waals surface area contributed by atoms with Crippen LogP contribution in [0.25, 0.3) is 0 Å². The lowest BCUT2D eigenvalue weighted by molar-refractivity contribution is 0.0883. The van der Waals surface area contributed by atoms with E-state index in [0.717, 1.165) is 0 Å². The van der Waals surface area contributed by atoms with E-state index in [1.54, 1.807) is 24.3 Å². The second kappa shape index (κ2) is 7.85. The van der Waals surface area contributed by atoms with Crippen molar-refractivity contribution in [3.8, 4) is 0 Å². The van der Waals surface area contributed by atoms with Gasteiger partial charge in [0.15, 0.2) is 0 Å². The van der Waals surface area contributed by atoms with Crippen molar-refractivity contribution in [1.29, 1.82) is 0 Å². The van der Waals surface area contributed by atoms with E-state index in [2.05, 4.69) is 10.6 Å². The number of nitrogens with one attached hydrogen (secondary N) is 2. The zero-order chi connectivity index (χ0) is 15.3. The Hall–Kier alpha value is -1.79. The number of urea groups is 1. The van der Waals surface area contributed by atoms with Crippen LogP contribution in [0, 0.1) is 5.92 Å². The Balaban J connectivity index is 0.00000400. The lowest BCUT2D eigenvalue weighted by Gasteiger charge is -2.33. The first-order valence-corrected chi connectivity index (χ1v) is 6.47. The van der Waals surface area contributed by atoms with Crippen LogP contribution in [0.15, 0.2) is 24.3 Å². The molecule has 1 unspecified atom stereocenters. The van der Waals surface area contributed by atoms with Crippen LogP contribution in [0.5, 0.6) is 0 Å². The number of primary amides is 1. The van der Waals surface area contributed by atoms with Gasteiger partial charge in [-0.1, -0.05) is 19.9 Å². The van der Waals surface area contributed by atoms with Crippen molar-refractivity contribution < 1.29 is 9.59 Å². The maximum atomic E-state index is 12.3. The summed E-state index contributed by atoms with van der Waals surface area (Å²) in [5.74, 6) is -0.0388. The fourth-order valence-corrected chi connectivity index (χ4v) is 1.64. The second-order valence-electron chi connectivity index (χ2n) is 5.30. The number of carbonyl (C=O) groups is 2. The molecule has 0 bridgehead atoms. The molecule has 0 saturated carbocycles. The van der Waals surface area contributed by atoms with Gasteiger partial charge in [-0.25, -0.2) is 4.79 Å². The summed E-state index contributed by atoms with van der Waals surface area (Å²) in [6.07, 6.45) is 0. The van der Waals surface area contributed by atoms with Crippen molar-refractivity contribution in [1.82, 2.24) is 5.32 Å². The van der Waals surface area contributed by atoms with Crippen molar-refractivity contribution in [2.75, 3.05) is 11.9 Å². The molecule has 0 fully saturated rings. The molecule has 21 heavy (non-hydrogen) atoms. The average Bonchev–Trinajstić information content (AvgIpc) is 2.37. The first-order valence-electron chi connectivity index (χ1n) is 6.47. The van der Waals surface area contributed by atoms with Crippen LogP contribution in [-0.4, -0.2) is 24.0 Å². The van der Waals surface area contributed by atoms with Gasteiger partial charge >= 0.3 is 6.03 Å². The maximum absolute atomic E-state index is 12.3. The van der Waals surface area contributed by atoms with E-state index in [1.807, 2.05) is 20.8 Å². The Morgan fingerprint density at radius 2 is 1.95 bits per heavy atom. The van der Waals surface area contributed by atoms with Crippen LogP contribution in [0.4, 0.5) is 10.5 Å². The van der Waals surface area contributed by atoms with Gasteiger partial charge in [0.05, 0.1) is 5.54 Å². The Labute approximate surface area is 131 Å². The first kappa shape index (κ1) is 19.2. The Bertz CT molecular complexity index is 508. The van der Waals surface area contributed by atoms with Crippen molar-refractivity contribution >= 4 is 30.0 Å². The third-order valence-corrected chi connectivity index (χ3v) is 3.49. The number of hydrogen-bond acceptors (Lipinski definition) is 3. The fraction of sp³-hybridized carbons (Fsp3) is 0.429. The largest absolute Gasteiger partial charge is 0.351 e. The topological polar surface area (TPSA) is 110 Å². The second-order valence-corrected chi connectivity index (χ2v) is 5.30. The van der Waals surface area contributed by atoms with E-state index >= 15 is 0 Å². The molecule has 0 aliphatic heterocycles. The Morgan fingerprint density at radius 1 is 1.33 bits per heavy atom. The van der Waals surface area contributed by atoms with Gasteiger partial charge in [0.25, 0.3) is 5.91 Å². The smallest absolute Gasteiger partial charge is 0.316 e. The minimum absolute atomic E-state index is 0. The quantitative estimate of drug-likeness (QED) is 0.664. The number of nitrogens with two attached hydrogens (primary N) is 2. The highest BCUT2D eigenvalue weighted by molar-refractivity contribution is 5.97. The molecule has 0 aliphatic rings. The predicted molar refractivity (Wildman–Crippen MR) is 86.7 cm³/mol. The molecule has 0 spiro atoms. The number of halogens is 1. The van der Waals surface area contributed by atoms with Gasteiger partial charge in [0, 0.05) is 17.8 Å². The summed E-state index contributed by atoms with van der Waals surface area (Å²) in [6.45, 7) is 6.24. The molecule has 7 heteroatoms. The predicted octanol–water partition coefficient (Wildman–Crippen LogP) is 1.70. The van der Waals surface area contributed by atoms with E-state index < -0.39 is 11.6 Å². The summed E-state index contributed by atoms with van der Waals surface area (Å²) >= 11 is 0. The third kappa shape index (κ3) is 5.24. The van der Waals surface area contributed by atoms with Gasteiger partial charge in [-0.05, 0) is 31.0 Å². The van der Waals surface area contributed by atoms with Crippen molar-refractivity contribution in [2.45, 2.75) is 26.3 Å². The van der Waals surface area contributed by atoms with E-state index in [-0.39, 0.29) is 24.2 Å². The number of rotatable bonds is 5. The van der Waals surface area contributed by atoms with E-state index in [0.29, 0.717) is 17.8 Å². The number of benzene rings is 1. The first-order chi connectivity index (χ1) is 9.28. The Kier molecular flexibility index (Phi) is 7.18. The van der Waals surface area contributed by atoms with Gasteiger partial charge in [-0.3, -0.25) is 4.79 Å². The molecule has 0 aliphatic carbocycles. The van der Waals surface area contributed by atoms with Crippen LogP contribution in [0.3, 0.4) is 0 Å². The minimum Gasteiger partial charge on any atom is -0.351 e. The Morgan fingerprint density at radius 3 is 2.43 bits per heavy atom. The number of carbonyl (C=O) groups excluding carboxylic acids is 2. The number of hydrogen-bond donors (Lipinski definition) is 4. The highest BCUT2D eigenvalue weighted by atomic mass is 35.5. The van der Waals surface area contributed by atoms with Gasteiger partial charge in [-0.15, -0.1) is 12.4 Å². The van der Waals surface area contributed by atoms with Crippen LogP contribution >= 0.6 is 12.4 Å². The summed E-state index contributed by atoms with van der Waals surface area (Å²) in [4.78, 5) is 23.1. The molecular formula is C14H23ClN4O2. The van der Waals surface area contributed by atoms with Gasteiger partial charge < -0.3 is 22.1 Å². The van der Waals surface area contributed by atoms with Gasteiger partial charge in [-0.2, -0.15) is 0 Å². The van der Waals surface area contributed by atoms with Gasteiger partial charge in [0.2, 0.25) is 0 Å². The molecule has 0 aromatic heterocycles. The molecule has 3 amide bonds. The average molecular weight is 315 g/mol. The standard InChI is InChI=1S/C14H22N4O2.ClH/c1-9(2)14(3,8-15)18-12(19)10-5-4-6-11(7-10)17-13(16)20;/h4-7,9H,8,15H2,1-3H3,(H,18,19)(H3,16,17,20);1H. The summed E-state index contributed by atoms with van der Waals surface area (Å²) in [6, 6.07) is 5.90. The summed E-state index contributed by atoms with van der Waals surface area (Å²) < 4.78 is 0. The molecule has 1 aromatic carbocycles. The summed E-state index contributed by atoms with van der Waals surface area (Å²) in [5, 5.41) is 5.37. The van der Waals surface area contributed by atoms with E-state index in [1.165, 1.54) is 0 Å². The molecular weight excluding hydrogens is 292 g/mol. The highest BCUT2D eigenvalue weighted by Gasteiger charge is 2.28.